The Bertz CT molecular complexity index is 4880. The monoisotopic (exact) mass is 1720 g/mol. The number of para-hydroxylation sites is 1. The SMILES string of the molecule is C.CC(=O)[O][Pb]([O]C(C)=O)([O]C(C)=O)[O]C(C)=O.Clc1nc2c(c3ccccc13)CCC2.Fc1nc2c(c3ccccc13)CCC2.Nn1nnc2ccccc21.O=C(O)C1CCCC1.O=C=NC1CCCC1.O=c1[nH]c2c(c3ccccc13)CCC2.O=c1[nH]c2c(c3ccccc13)CCC2.[N-]=[N+]=NC(=O)C1CCCC1. The number of aliphatic imine (C=N–C) groups is 1. The molecule has 0 spiro atoms. The van der Waals surface area contributed by atoms with E-state index in [-0.39, 0.29) is 42.2 Å². The summed E-state index contributed by atoms with van der Waals surface area (Å²) in [5, 5.41) is 27.6. The van der Waals surface area contributed by atoms with Crippen LogP contribution in [0.5, 0.6) is 0 Å². The smallest absolute Gasteiger partial charge is 0.306 e. The van der Waals surface area contributed by atoms with Crippen LogP contribution in [0.3, 0.4) is 0 Å². The number of carboxylic acids is 1. The van der Waals surface area contributed by atoms with E-state index in [1.54, 1.807) is 12.1 Å². The van der Waals surface area contributed by atoms with Gasteiger partial charge in [-0.3, -0.25) is 19.2 Å². The normalized spacial score (nSPS) is 14.7. The Morgan fingerprint density at radius 2 is 0.927 bits per heavy atom. The van der Waals surface area contributed by atoms with Gasteiger partial charge in [0.2, 0.25) is 17.9 Å². The first-order valence-corrected chi connectivity index (χ1v) is 43.4. The fourth-order valence-electron chi connectivity index (χ4n) is 14.4. The first-order chi connectivity index (χ1) is 52.6. The van der Waals surface area contributed by atoms with Gasteiger partial charge < -0.3 is 20.9 Å². The van der Waals surface area contributed by atoms with E-state index in [1.165, 1.54) is 70.2 Å². The zero-order valence-corrected chi connectivity index (χ0v) is 66.0. The summed E-state index contributed by atoms with van der Waals surface area (Å²) in [7, 11) is 0. The van der Waals surface area contributed by atoms with Gasteiger partial charge in [-0.15, -0.1) is 5.10 Å². The van der Waals surface area contributed by atoms with Crippen molar-refractivity contribution in [2.45, 2.75) is 195 Å². The number of hydrogen-bond acceptors (Lipinski definition) is 19. The van der Waals surface area contributed by atoms with Crippen LogP contribution >= 0.6 is 11.6 Å². The van der Waals surface area contributed by atoms with Crippen molar-refractivity contribution in [1.29, 1.82) is 0 Å². The minimum absolute atomic E-state index is 0. The Kier molecular flexibility index (Phi) is 32.3. The molecular weight excluding hydrogens is 1630 g/mol. The van der Waals surface area contributed by atoms with Crippen molar-refractivity contribution in [3.8, 4) is 0 Å². The summed E-state index contributed by atoms with van der Waals surface area (Å²) in [6, 6.07) is 39.4. The molecule has 0 aliphatic heterocycles. The number of nitrogens with one attached hydrogen (secondary N) is 2. The summed E-state index contributed by atoms with van der Waals surface area (Å²) < 4.78 is 32.0. The zero-order valence-electron chi connectivity index (χ0n) is 61.4. The maximum absolute atomic E-state index is 13.5. The Hall–Kier alpha value is -10.6. The van der Waals surface area contributed by atoms with Gasteiger partial charge in [0.05, 0.1) is 12.0 Å². The number of azide groups is 1. The summed E-state index contributed by atoms with van der Waals surface area (Å²) >= 11 is 0.702. The second kappa shape index (κ2) is 41.8. The second-order valence-electron chi connectivity index (χ2n) is 27.0. The van der Waals surface area contributed by atoms with Gasteiger partial charge in [0.1, 0.15) is 16.2 Å². The first-order valence-electron chi connectivity index (χ1n) is 36.7. The van der Waals surface area contributed by atoms with Gasteiger partial charge in [0.15, 0.2) is 0 Å². The zero-order chi connectivity index (χ0) is 78.0. The summed E-state index contributed by atoms with van der Waals surface area (Å²) in [6.07, 6.45) is 27.4. The van der Waals surface area contributed by atoms with Crippen molar-refractivity contribution >= 4 is 131 Å². The number of aromatic nitrogens is 7. The Labute approximate surface area is 647 Å². The standard InChI is InChI=1S/C12H10ClN.C12H10FN.2C12H11NO.C6H6N4.C6H9N3O.C6H9NO.C6H10O2.4C2H4O2.CH4.Pb/c2*13-12-10-5-2-1-4-8(10)9-6-3-7-11(9)14-12;2*14-12-10-5-2-1-4-8(10)9-6-3-7-11(9)13-12;7-10-6-4-2-1-3-5(6)8-9-10;7-9-8-6(10)5-3-1-2-4-5;8-5-7-6-3-1-2-4-6;7-6(8)5-3-1-2-4-5;4*1-2(3)4;;/h2*1-2,4-5H,3,6-7H2;2*1-2,4-5H,3,6-7H2,(H,13,14);1-4H,7H2;5H,1-4H2;6H,1-4H2;5H,1-4H2,(H,7,8);4*1H3,(H,3,4);1H4;/q;;;;;;;;;;;;;+4/p-4. The van der Waals surface area contributed by atoms with Gasteiger partial charge in [-0.2, -0.15) is 9.18 Å². The van der Waals surface area contributed by atoms with Crippen molar-refractivity contribution in [3.63, 3.8) is 0 Å². The van der Waals surface area contributed by atoms with E-state index in [0.717, 1.165) is 210 Å². The van der Waals surface area contributed by atoms with Crippen LogP contribution in [0.2, 0.25) is 5.15 Å². The number of isocyanates is 1. The van der Waals surface area contributed by atoms with Gasteiger partial charge in [0.25, 0.3) is 11.1 Å². The predicted octanol–water partition coefficient (Wildman–Crippen LogP) is 15.3. The van der Waals surface area contributed by atoms with Crippen molar-refractivity contribution in [2.75, 3.05) is 5.84 Å². The van der Waals surface area contributed by atoms with Crippen LogP contribution in [0.25, 0.3) is 64.6 Å². The maximum Gasteiger partial charge on any atom is 0.306 e. The Morgan fingerprint density at radius 3 is 1.36 bits per heavy atom. The minimum atomic E-state index is -5.43. The predicted molar refractivity (Wildman–Crippen MR) is 419 cm³/mol. The molecule has 0 bridgehead atoms. The number of aromatic amines is 2. The molecule has 3 saturated carbocycles. The molecule has 0 radical (unpaired) electrons. The maximum atomic E-state index is 13.5. The van der Waals surface area contributed by atoms with Crippen molar-refractivity contribution < 1.29 is 53.8 Å². The molecule has 3 fully saturated rings. The van der Waals surface area contributed by atoms with E-state index in [4.69, 9.17) is 28.1 Å². The van der Waals surface area contributed by atoms with E-state index >= 15 is 0 Å². The molecule has 26 nitrogen and oxygen atoms in total. The van der Waals surface area contributed by atoms with Crippen molar-refractivity contribution in [2.24, 2.45) is 21.9 Å². The number of nitrogens with zero attached hydrogens (tertiary/aromatic N) is 9. The summed E-state index contributed by atoms with van der Waals surface area (Å²) in [6.45, 7) is 4.02. The number of rotatable bonds is 7. The number of carbonyl (C=O) groups is 6. The summed E-state index contributed by atoms with van der Waals surface area (Å²) in [5.74, 6) is 0.703. The number of aryl methyl sites for hydroxylation is 8. The molecule has 1 amide bonds. The third-order valence-corrected chi connectivity index (χ3v) is 28.0. The third kappa shape index (κ3) is 23.5. The molecule has 10 aromatic rings. The van der Waals surface area contributed by atoms with E-state index in [2.05, 4.69) is 80.3 Å². The van der Waals surface area contributed by atoms with Gasteiger partial charge in [-0.05, 0) is 206 Å². The number of carbonyl (C=O) groups excluding carboxylic acids is 6. The molecule has 0 unspecified atom stereocenters. The molecule has 578 valence electrons. The van der Waals surface area contributed by atoms with Gasteiger partial charge in [-0.1, -0.05) is 149 Å². The van der Waals surface area contributed by atoms with E-state index in [9.17, 15) is 47.5 Å². The number of pyridine rings is 4. The molecule has 5 heterocycles. The quantitative estimate of drug-likeness (QED) is 0.0168. The number of nitrogens with two attached hydrogens (primary N) is 1. The molecule has 0 atom stereocenters. The molecule has 5 aromatic heterocycles. The molecule has 7 aliphatic carbocycles. The minimum Gasteiger partial charge on any atom is -0.481 e. The number of H-pyrrole nitrogens is 2. The third-order valence-electron chi connectivity index (χ3n) is 19.3. The molecule has 7 aliphatic rings. The molecule has 17 rings (SSSR count). The van der Waals surface area contributed by atoms with E-state index < -0.39 is 52.8 Å². The fourth-order valence-corrected chi connectivity index (χ4v) is 21.2. The second-order valence-corrected chi connectivity index (χ2v) is 34.4. The number of benzene rings is 5. The number of carboxylic acid groups (broad SMARTS) is 1. The average Bonchev–Trinajstić information content (AvgIpc) is 1.54. The molecule has 0 saturated heterocycles. The summed E-state index contributed by atoms with van der Waals surface area (Å²) in [4.78, 5) is 119. The topological polar surface area (TPSA) is 386 Å². The van der Waals surface area contributed by atoms with E-state index in [0.29, 0.717) is 16.6 Å². The van der Waals surface area contributed by atoms with Crippen LogP contribution in [0, 0.1) is 17.8 Å². The van der Waals surface area contributed by atoms with Crippen LogP contribution in [-0.4, -0.2) is 111 Å². The molecule has 110 heavy (non-hydrogen) atoms. The van der Waals surface area contributed by atoms with Crippen LogP contribution < -0.4 is 17.0 Å². The number of halogens is 2. The first kappa shape index (κ1) is 85.0. The molecule has 29 heteroatoms. The average molecular weight is 1720 g/mol. The molecule has 5 aromatic carbocycles. The number of amides is 1. The number of hydrogen-bond donors (Lipinski definition) is 4. The van der Waals surface area contributed by atoms with Gasteiger partial charge in [0, 0.05) is 55.2 Å². The Balaban J connectivity index is 0.000000157. The number of aliphatic carboxylic acids is 1. The van der Waals surface area contributed by atoms with Crippen LogP contribution in [-0.2, 0) is 95.7 Å². The molecule has 5 N–H and O–H groups in total. The summed E-state index contributed by atoms with van der Waals surface area (Å²) in [5.41, 5.74) is 19.5. The van der Waals surface area contributed by atoms with Crippen molar-refractivity contribution in [3.05, 3.63) is 209 Å². The van der Waals surface area contributed by atoms with Crippen LogP contribution in [0.1, 0.15) is 183 Å². The van der Waals surface area contributed by atoms with E-state index in [1.807, 2.05) is 91.0 Å². The number of fused-ring (bicyclic) bond motifs is 13. The Morgan fingerprint density at radius 1 is 0.545 bits per heavy atom. The van der Waals surface area contributed by atoms with Gasteiger partial charge >= 0.3 is 110 Å². The van der Waals surface area contributed by atoms with Crippen molar-refractivity contribution in [1.82, 2.24) is 35.0 Å². The largest absolute Gasteiger partial charge is 0.481 e. The number of nitrogen functional groups attached to an aromatic ring is 1. The van der Waals surface area contributed by atoms with Crippen LogP contribution in [0.4, 0.5) is 4.39 Å². The van der Waals surface area contributed by atoms with Gasteiger partial charge in [-0.25, -0.2) is 19.8 Å². The fraction of sp³-hybridized carbons (Fsp3) is 0.395. The van der Waals surface area contributed by atoms with Crippen LogP contribution in [0.15, 0.2) is 141 Å². The molecular formula is C81H92ClFN12O14Pb.